The second-order valence-corrected chi connectivity index (χ2v) is 4.69. The molecule has 118 valence electrons. The van der Waals surface area contributed by atoms with Gasteiger partial charge in [-0.05, 0) is 37.3 Å². The van der Waals surface area contributed by atoms with Crippen molar-refractivity contribution < 1.29 is 14.6 Å². The minimum absolute atomic E-state index is 0.297. The van der Waals surface area contributed by atoms with Crippen molar-refractivity contribution in [1.29, 1.82) is 0 Å². The number of hydrogen-bond donors (Lipinski definition) is 1. The first-order valence-corrected chi connectivity index (χ1v) is 7.13. The lowest BCUT2D eigenvalue weighted by atomic mass is 10.1. The van der Waals surface area contributed by atoms with Gasteiger partial charge in [-0.1, -0.05) is 0 Å². The number of nitrogens with zero attached hydrogens (tertiary/aromatic N) is 2. The molecule has 0 aliphatic rings. The third-order valence-electron chi connectivity index (χ3n) is 3.19. The van der Waals surface area contributed by atoms with Gasteiger partial charge in [0.2, 0.25) is 0 Å². The fraction of sp³-hybridized carbons (Fsp3) is 0.375. The van der Waals surface area contributed by atoms with Crippen molar-refractivity contribution >= 4 is 0 Å². The van der Waals surface area contributed by atoms with Crippen LogP contribution in [-0.2, 0) is 17.9 Å². The average molecular weight is 304 g/mol. The molecule has 0 aliphatic carbocycles. The topological polar surface area (TPSA) is 73.6 Å². The SMILES string of the molecule is CCOc1ccc(-c2cc(CO)c(=O)n(CCOC)n2)cc1. The van der Waals surface area contributed by atoms with E-state index in [0.29, 0.717) is 31.0 Å². The van der Waals surface area contributed by atoms with Gasteiger partial charge in [0, 0.05) is 18.2 Å². The van der Waals surface area contributed by atoms with E-state index in [4.69, 9.17) is 9.47 Å². The summed E-state index contributed by atoms with van der Waals surface area (Å²) in [7, 11) is 1.56. The molecule has 0 saturated heterocycles. The number of aliphatic hydroxyl groups excluding tert-OH is 1. The molecule has 2 rings (SSSR count). The summed E-state index contributed by atoms with van der Waals surface area (Å²) < 4.78 is 11.7. The molecule has 6 nitrogen and oxygen atoms in total. The predicted octanol–water partition coefficient (Wildman–Crippen LogP) is 1.45. The van der Waals surface area contributed by atoms with Gasteiger partial charge in [0.05, 0.1) is 32.1 Å². The van der Waals surface area contributed by atoms with Crippen molar-refractivity contribution in [2.75, 3.05) is 20.3 Å². The molecular formula is C16H20N2O4. The molecule has 0 amide bonds. The third-order valence-corrected chi connectivity index (χ3v) is 3.19. The zero-order chi connectivity index (χ0) is 15.9. The molecule has 0 radical (unpaired) electrons. The zero-order valence-electron chi connectivity index (χ0n) is 12.8. The molecule has 0 spiro atoms. The van der Waals surface area contributed by atoms with E-state index in [1.165, 1.54) is 4.68 Å². The molecule has 0 saturated carbocycles. The van der Waals surface area contributed by atoms with E-state index in [9.17, 15) is 9.90 Å². The summed E-state index contributed by atoms with van der Waals surface area (Å²) in [6, 6.07) is 9.06. The highest BCUT2D eigenvalue weighted by Gasteiger charge is 2.09. The number of benzene rings is 1. The molecule has 2 aromatic rings. The molecule has 0 unspecified atom stereocenters. The largest absolute Gasteiger partial charge is 0.494 e. The van der Waals surface area contributed by atoms with Crippen LogP contribution in [0.5, 0.6) is 5.75 Å². The van der Waals surface area contributed by atoms with E-state index in [1.54, 1.807) is 13.2 Å². The van der Waals surface area contributed by atoms with E-state index in [-0.39, 0.29) is 12.2 Å². The average Bonchev–Trinajstić information content (AvgIpc) is 2.55. The first-order chi connectivity index (χ1) is 10.7. The van der Waals surface area contributed by atoms with Crippen LogP contribution in [0.1, 0.15) is 12.5 Å². The van der Waals surface area contributed by atoms with Crippen LogP contribution in [0.3, 0.4) is 0 Å². The molecule has 1 aromatic carbocycles. The number of aliphatic hydroxyl groups is 1. The Balaban J connectivity index is 2.39. The summed E-state index contributed by atoms with van der Waals surface area (Å²) in [4.78, 5) is 12.1. The van der Waals surface area contributed by atoms with Gasteiger partial charge in [-0.25, -0.2) is 4.68 Å². The molecule has 22 heavy (non-hydrogen) atoms. The van der Waals surface area contributed by atoms with Crippen molar-refractivity contribution in [2.24, 2.45) is 0 Å². The molecule has 0 atom stereocenters. The maximum absolute atomic E-state index is 12.1. The lowest BCUT2D eigenvalue weighted by molar-refractivity contribution is 0.181. The van der Waals surface area contributed by atoms with Crippen molar-refractivity contribution in [3.05, 3.63) is 46.2 Å². The van der Waals surface area contributed by atoms with Gasteiger partial charge in [-0.2, -0.15) is 5.10 Å². The molecule has 1 N–H and O–H groups in total. The minimum Gasteiger partial charge on any atom is -0.494 e. The fourth-order valence-electron chi connectivity index (χ4n) is 2.07. The van der Waals surface area contributed by atoms with Gasteiger partial charge in [0.25, 0.3) is 5.56 Å². The highest BCUT2D eigenvalue weighted by molar-refractivity contribution is 5.60. The summed E-state index contributed by atoms with van der Waals surface area (Å²) in [6.45, 7) is 2.93. The predicted molar refractivity (Wildman–Crippen MR) is 82.9 cm³/mol. The Bertz CT molecular complexity index is 665. The number of rotatable bonds is 7. The second kappa shape index (κ2) is 7.72. The normalized spacial score (nSPS) is 10.7. The Hall–Kier alpha value is -2.18. The van der Waals surface area contributed by atoms with Gasteiger partial charge in [-0.3, -0.25) is 4.79 Å². The molecule has 0 aliphatic heterocycles. The first-order valence-electron chi connectivity index (χ1n) is 7.13. The quantitative estimate of drug-likeness (QED) is 0.838. The van der Waals surface area contributed by atoms with Crippen LogP contribution in [0.4, 0.5) is 0 Å². The van der Waals surface area contributed by atoms with Crippen molar-refractivity contribution in [3.63, 3.8) is 0 Å². The van der Waals surface area contributed by atoms with E-state index >= 15 is 0 Å². The summed E-state index contributed by atoms with van der Waals surface area (Å²) in [5, 5.41) is 13.7. The second-order valence-electron chi connectivity index (χ2n) is 4.69. The lowest BCUT2D eigenvalue weighted by Crippen LogP contribution is -2.28. The molecule has 1 heterocycles. The standard InChI is InChI=1S/C16H20N2O4/c1-3-22-14-6-4-12(5-7-14)15-10-13(11-19)16(20)18(17-15)8-9-21-2/h4-7,10,19H,3,8-9,11H2,1-2H3. The van der Waals surface area contributed by atoms with Gasteiger partial charge in [0.1, 0.15) is 5.75 Å². The van der Waals surface area contributed by atoms with E-state index < -0.39 is 0 Å². The van der Waals surface area contributed by atoms with Crippen molar-refractivity contribution in [1.82, 2.24) is 9.78 Å². The first kappa shape index (κ1) is 16.2. The van der Waals surface area contributed by atoms with Crippen LogP contribution in [0.15, 0.2) is 35.1 Å². The molecule has 1 aromatic heterocycles. The van der Waals surface area contributed by atoms with E-state index in [2.05, 4.69) is 5.10 Å². The lowest BCUT2D eigenvalue weighted by Gasteiger charge is -2.10. The van der Waals surface area contributed by atoms with Gasteiger partial charge in [-0.15, -0.1) is 0 Å². The Morgan fingerprint density at radius 2 is 2.00 bits per heavy atom. The molecule has 0 fully saturated rings. The van der Waals surface area contributed by atoms with Gasteiger partial charge in [0.15, 0.2) is 0 Å². The van der Waals surface area contributed by atoms with Gasteiger partial charge < -0.3 is 14.6 Å². The monoisotopic (exact) mass is 304 g/mol. The highest BCUT2D eigenvalue weighted by Crippen LogP contribution is 2.20. The maximum Gasteiger partial charge on any atom is 0.272 e. The van der Waals surface area contributed by atoms with Crippen LogP contribution in [-0.4, -0.2) is 35.2 Å². The summed E-state index contributed by atoms with van der Waals surface area (Å²) in [5.41, 5.74) is 1.50. The Morgan fingerprint density at radius 3 is 2.59 bits per heavy atom. The molecule has 0 bridgehead atoms. The molecular weight excluding hydrogens is 284 g/mol. The Kier molecular flexibility index (Phi) is 5.68. The Morgan fingerprint density at radius 1 is 1.27 bits per heavy atom. The summed E-state index contributed by atoms with van der Waals surface area (Å²) >= 11 is 0. The highest BCUT2D eigenvalue weighted by atomic mass is 16.5. The number of ether oxygens (including phenoxy) is 2. The molecule has 6 heteroatoms. The van der Waals surface area contributed by atoms with Gasteiger partial charge >= 0.3 is 0 Å². The third kappa shape index (κ3) is 3.72. The number of methoxy groups -OCH3 is 1. The number of hydrogen-bond acceptors (Lipinski definition) is 5. The number of aromatic nitrogens is 2. The summed E-state index contributed by atoms with van der Waals surface area (Å²) in [6.07, 6.45) is 0. The van der Waals surface area contributed by atoms with Crippen molar-refractivity contribution in [3.8, 4) is 17.0 Å². The van der Waals surface area contributed by atoms with Crippen LogP contribution in [0.25, 0.3) is 11.3 Å². The van der Waals surface area contributed by atoms with Crippen LogP contribution in [0.2, 0.25) is 0 Å². The van der Waals surface area contributed by atoms with Crippen LogP contribution >= 0.6 is 0 Å². The van der Waals surface area contributed by atoms with Crippen LogP contribution in [0, 0.1) is 0 Å². The zero-order valence-corrected chi connectivity index (χ0v) is 12.8. The van der Waals surface area contributed by atoms with Crippen LogP contribution < -0.4 is 10.3 Å². The fourth-order valence-corrected chi connectivity index (χ4v) is 2.07. The Labute approximate surface area is 128 Å². The summed E-state index contributed by atoms with van der Waals surface area (Å²) in [5.74, 6) is 0.779. The van der Waals surface area contributed by atoms with E-state index in [0.717, 1.165) is 11.3 Å². The maximum atomic E-state index is 12.1. The van der Waals surface area contributed by atoms with E-state index in [1.807, 2.05) is 31.2 Å². The smallest absolute Gasteiger partial charge is 0.272 e. The van der Waals surface area contributed by atoms with Crippen molar-refractivity contribution in [2.45, 2.75) is 20.1 Å². The minimum atomic E-state index is -0.321.